The van der Waals surface area contributed by atoms with Gasteiger partial charge >= 0.3 is 12.0 Å². The van der Waals surface area contributed by atoms with Crippen molar-refractivity contribution in [3.8, 4) is 0 Å². The number of carboxylic acid groups (broad SMARTS) is 1. The molecule has 2 amide bonds. The number of carbonyl (C=O) groups is 2. The fourth-order valence-corrected chi connectivity index (χ4v) is 1.64. The molecule has 0 bridgehead atoms. The summed E-state index contributed by atoms with van der Waals surface area (Å²) >= 11 is 0. The van der Waals surface area contributed by atoms with E-state index in [9.17, 15) is 9.59 Å². The summed E-state index contributed by atoms with van der Waals surface area (Å²) in [4.78, 5) is 21.7. The van der Waals surface area contributed by atoms with Crippen molar-refractivity contribution in [3.05, 3.63) is 0 Å². The average Bonchev–Trinajstić information content (AvgIpc) is 2.15. The molecule has 100 valence electrons. The van der Waals surface area contributed by atoms with Crippen LogP contribution in [0.15, 0.2) is 0 Å². The van der Waals surface area contributed by atoms with Crippen molar-refractivity contribution in [3.63, 3.8) is 0 Å². The number of hydrogen-bond acceptors (Lipinski definition) is 2. The smallest absolute Gasteiger partial charge is 0.315 e. The molecule has 0 saturated heterocycles. The minimum atomic E-state index is -0.793. The summed E-state index contributed by atoms with van der Waals surface area (Å²) in [6.45, 7) is 6.57. The molecule has 0 rings (SSSR count). The van der Waals surface area contributed by atoms with Gasteiger partial charge in [0.2, 0.25) is 0 Å². The third-order valence-corrected chi connectivity index (χ3v) is 2.43. The van der Waals surface area contributed by atoms with E-state index in [0.717, 1.165) is 12.8 Å². The molecule has 0 spiro atoms. The third kappa shape index (κ3) is 9.66. The van der Waals surface area contributed by atoms with E-state index in [4.69, 9.17) is 5.11 Å². The van der Waals surface area contributed by atoms with Crippen LogP contribution in [-0.2, 0) is 4.79 Å². The van der Waals surface area contributed by atoms with Crippen LogP contribution in [0.4, 0.5) is 4.79 Å². The molecule has 0 fully saturated rings. The summed E-state index contributed by atoms with van der Waals surface area (Å²) in [6, 6.07) is -0.182. The van der Waals surface area contributed by atoms with E-state index in [2.05, 4.69) is 17.6 Å². The molecule has 5 nitrogen and oxygen atoms in total. The van der Waals surface area contributed by atoms with Gasteiger partial charge in [0.25, 0.3) is 0 Å². The predicted molar refractivity (Wildman–Crippen MR) is 67.0 cm³/mol. The molecule has 0 atom stereocenters. The standard InChI is InChI=1S/C12H24N2O3/c1-4-8-12(2,3)14-11(17)13-9-6-5-7-10(15)16/h4-9H2,1-3H3,(H,15,16)(H2,13,14,17). The van der Waals surface area contributed by atoms with Gasteiger partial charge in [-0.05, 0) is 33.1 Å². The van der Waals surface area contributed by atoms with Crippen LogP contribution in [0, 0.1) is 0 Å². The number of carboxylic acids is 1. The van der Waals surface area contributed by atoms with E-state index in [1.165, 1.54) is 0 Å². The molecule has 0 aromatic rings. The van der Waals surface area contributed by atoms with Crippen molar-refractivity contribution in [2.45, 2.75) is 58.4 Å². The van der Waals surface area contributed by atoms with Crippen LogP contribution in [0.5, 0.6) is 0 Å². The first-order valence-corrected chi connectivity index (χ1v) is 6.15. The van der Waals surface area contributed by atoms with Gasteiger partial charge in [0.15, 0.2) is 0 Å². The summed E-state index contributed by atoms with van der Waals surface area (Å²) in [7, 11) is 0. The van der Waals surface area contributed by atoms with Crippen molar-refractivity contribution in [2.75, 3.05) is 6.54 Å². The normalized spacial score (nSPS) is 11.0. The Morgan fingerprint density at radius 3 is 2.41 bits per heavy atom. The molecule has 3 N–H and O–H groups in total. The van der Waals surface area contributed by atoms with E-state index in [1.807, 2.05) is 13.8 Å². The number of amides is 2. The number of rotatable bonds is 8. The molecule has 0 radical (unpaired) electrons. The van der Waals surface area contributed by atoms with Crippen LogP contribution in [0.1, 0.15) is 52.9 Å². The number of carbonyl (C=O) groups excluding carboxylic acids is 1. The Bertz CT molecular complexity index is 252. The van der Waals surface area contributed by atoms with Crippen LogP contribution >= 0.6 is 0 Å². The first-order valence-electron chi connectivity index (χ1n) is 6.15. The van der Waals surface area contributed by atoms with Gasteiger partial charge in [-0.2, -0.15) is 0 Å². The summed E-state index contributed by atoms with van der Waals surface area (Å²) in [5.74, 6) is -0.793. The zero-order valence-electron chi connectivity index (χ0n) is 11.0. The highest BCUT2D eigenvalue weighted by atomic mass is 16.4. The molecule has 0 aromatic heterocycles. The van der Waals surface area contributed by atoms with Gasteiger partial charge in [0.05, 0.1) is 0 Å². The van der Waals surface area contributed by atoms with E-state index in [0.29, 0.717) is 19.4 Å². The fraction of sp³-hybridized carbons (Fsp3) is 0.833. The first-order chi connectivity index (χ1) is 7.87. The maximum atomic E-state index is 11.5. The Labute approximate surface area is 103 Å². The molecule has 0 aliphatic heterocycles. The molecular weight excluding hydrogens is 220 g/mol. The Hall–Kier alpha value is -1.26. The van der Waals surface area contributed by atoms with Gasteiger partial charge in [-0.3, -0.25) is 4.79 Å². The van der Waals surface area contributed by atoms with E-state index < -0.39 is 5.97 Å². The average molecular weight is 244 g/mol. The Morgan fingerprint density at radius 2 is 1.88 bits per heavy atom. The monoisotopic (exact) mass is 244 g/mol. The van der Waals surface area contributed by atoms with Gasteiger partial charge in [0, 0.05) is 18.5 Å². The van der Waals surface area contributed by atoms with Gasteiger partial charge in [-0.1, -0.05) is 13.3 Å². The summed E-state index contributed by atoms with van der Waals surface area (Å²) in [5, 5.41) is 14.1. The molecule has 0 aromatic carbocycles. The predicted octanol–water partition coefficient (Wildman–Crippen LogP) is 2.12. The zero-order valence-corrected chi connectivity index (χ0v) is 11.0. The Kier molecular flexibility index (Phi) is 7.34. The van der Waals surface area contributed by atoms with E-state index in [1.54, 1.807) is 0 Å². The number of urea groups is 1. The minimum absolute atomic E-state index is 0.157. The second-order valence-corrected chi connectivity index (χ2v) is 4.87. The topological polar surface area (TPSA) is 78.4 Å². The van der Waals surface area contributed by atoms with Crippen LogP contribution in [0.25, 0.3) is 0 Å². The lowest BCUT2D eigenvalue weighted by Gasteiger charge is -2.25. The van der Waals surface area contributed by atoms with Crippen LogP contribution in [0.3, 0.4) is 0 Å². The third-order valence-electron chi connectivity index (χ3n) is 2.43. The number of hydrogen-bond donors (Lipinski definition) is 3. The highest BCUT2D eigenvalue weighted by Gasteiger charge is 2.18. The molecule has 5 heteroatoms. The Morgan fingerprint density at radius 1 is 1.24 bits per heavy atom. The van der Waals surface area contributed by atoms with Crippen LogP contribution in [-0.4, -0.2) is 29.2 Å². The van der Waals surface area contributed by atoms with Crippen molar-refractivity contribution < 1.29 is 14.7 Å². The molecule has 0 aliphatic rings. The maximum absolute atomic E-state index is 11.5. The SMILES string of the molecule is CCCC(C)(C)NC(=O)NCCCCC(=O)O. The molecule has 0 unspecified atom stereocenters. The van der Waals surface area contributed by atoms with E-state index in [-0.39, 0.29) is 18.0 Å². The molecule has 0 heterocycles. The second-order valence-electron chi connectivity index (χ2n) is 4.87. The lowest BCUT2D eigenvalue weighted by Crippen LogP contribution is -2.48. The Balaban J connectivity index is 3.62. The summed E-state index contributed by atoms with van der Waals surface area (Å²) in [5.41, 5.74) is -0.195. The van der Waals surface area contributed by atoms with Crippen molar-refractivity contribution in [1.29, 1.82) is 0 Å². The minimum Gasteiger partial charge on any atom is -0.481 e. The zero-order chi connectivity index (χ0) is 13.3. The van der Waals surface area contributed by atoms with Crippen LogP contribution in [0.2, 0.25) is 0 Å². The molecule has 0 aliphatic carbocycles. The lowest BCUT2D eigenvalue weighted by atomic mass is 9.99. The summed E-state index contributed by atoms with van der Waals surface area (Å²) in [6.07, 6.45) is 3.39. The van der Waals surface area contributed by atoms with Crippen LogP contribution < -0.4 is 10.6 Å². The number of aliphatic carboxylic acids is 1. The van der Waals surface area contributed by atoms with Gasteiger partial charge in [0.1, 0.15) is 0 Å². The molecule has 0 saturated carbocycles. The lowest BCUT2D eigenvalue weighted by molar-refractivity contribution is -0.137. The van der Waals surface area contributed by atoms with Crippen molar-refractivity contribution >= 4 is 12.0 Å². The highest BCUT2D eigenvalue weighted by molar-refractivity contribution is 5.74. The highest BCUT2D eigenvalue weighted by Crippen LogP contribution is 2.09. The number of nitrogens with one attached hydrogen (secondary N) is 2. The molecule has 17 heavy (non-hydrogen) atoms. The second kappa shape index (κ2) is 7.92. The first kappa shape index (κ1) is 15.7. The van der Waals surface area contributed by atoms with Gasteiger partial charge in [-0.15, -0.1) is 0 Å². The van der Waals surface area contributed by atoms with Crippen molar-refractivity contribution in [2.24, 2.45) is 0 Å². The molecular formula is C12H24N2O3. The quantitative estimate of drug-likeness (QED) is 0.572. The fourth-order valence-electron chi connectivity index (χ4n) is 1.64. The largest absolute Gasteiger partial charge is 0.481 e. The van der Waals surface area contributed by atoms with Gasteiger partial charge in [-0.25, -0.2) is 4.79 Å². The summed E-state index contributed by atoms with van der Waals surface area (Å²) < 4.78 is 0. The van der Waals surface area contributed by atoms with E-state index >= 15 is 0 Å². The number of unbranched alkanes of at least 4 members (excludes halogenated alkanes) is 1. The van der Waals surface area contributed by atoms with Crippen molar-refractivity contribution in [1.82, 2.24) is 10.6 Å². The maximum Gasteiger partial charge on any atom is 0.315 e. The van der Waals surface area contributed by atoms with Gasteiger partial charge < -0.3 is 15.7 Å².